The fourth-order valence-corrected chi connectivity index (χ4v) is 2.38. The van der Waals surface area contributed by atoms with E-state index in [1.165, 1.54) is 0 Å². The Kier molecular flexibility index (Phi) is 5.87. The summed E-state index contributed by atoms with van der Waals surface area (Å²) in [5.74, 6) is -5.18. The standard InChI is InChI=1S/C17H16F2O6/c1-2-24-15(22)7-12(11-4-3-9(18)5-13(11)19)17-16(23)14(21)6-10(8-20)25-17/h3-6,12,20,23H,2,7-8H2,1H3/t12-/m0/s1. The molecule has 6 nitrogen and oxygen atoms in total. The summed E-state index contributed by atoms with van der Waals surface area (Å²) in [4.78, 5) is 23.7. The molecule has 1 atom stereocenters. The maximum atomic E-state index is 14.2. The van der Waals surface area contributed by atoms with E-state index in [-0.39, 0.29) is 17.9 Å². The third kappa shape index (κ3) is 4.21. The highest BCUT2D eigenvalue weighted by Crippen LogP contribution is 2.34. The number of aliphatic hydroxyl groups is 1. The molecule has 2 aromatic rings. The van der Waals surface area contributed by atoms with Crippen molar-refractivity contribution < 1.29 is 32.9 Å². The predicted molar refractivity (Wildman–Crippen MR) is 82.0 cm³/mol. The summed E-state index contributed by atoms with van der Waals surface area (Å²) in [5, 5.41) is 19.2. The van der Waals surface area contributed by atoms with Gasteiger partial charge < -0.3 is 19.4 Å². The lowest BCUT2D eigenvalue weighted by Crippen LogP contribution is -2.16. The van der Waals surface area contributed by atoms with Crippen LogP contribution in [0.25, 0.3) is 0 Å². The number of benzene rings is 1. The Morgan fingerprint density at radius 2 is 2.04 bits per heavy atom. The third-order valence-corrected chi connectivity index (χ3v) is 3.49. The summed E-state index contributed by atoms with van der Waals surface area (Å²) in [6.45, 7) is 1.01. The predicted octanol–water partition coefficient (Wildman–Crippen LogP) is 2.20. The van der Waals surface area contributed by atoms with Crippen molar-refractivity contribution in [2.75, 3.05) is 6.61 Å². The van der Waals surface area contributed by atoms with E-state index in [4.69, 9.17) is 14.3 Å². The Morgan fingerprint density at radius 1 is 1.32 bits per heavy atom. The second kappa shape index (κ2) is 7.89. The van der Waals surface area contributed by atoms with Crippen LogP contribution in [0.15, 0.2) is 33.5 Å². The minimum absolute atomic E-state index is 0.0735. The van der Waals surface area contributed by atoms with Gasteiger partial charge in [0.2, 0.25) is 11.2 Å². The zero-order valence-electron chi connectivity index (χ0n) is 13.3. The van der Waals surface area contributed by atoms with Gasteiger partial charge in [0.05, 0.1) is 18.9 Å². The molecule has 0 radical (unpaired) electrons. The fraction of sp³-hybridized carbons (Fsp3) is 0.294. The first kappa shape index (κ1) is 18.6. The van der Waals surface area contributed by atoms with Crippen molar-refractivity contribution >= 4 is 5.97 Å². The van der Waals surface area contributed by atoms with Gasteiger partial charge in [-0.15, -0.1) is 0 Å². The van der Waals surface area contributed by atoms with Crippen molar-refractivity contribution in [1.29, 1.82) is 0 Å². The Balaban J connectivity index is 2.61. The molecule has 0 aliphatic carbocycles. The van der Waals surface area contributed by atoms with Gasteiger partial charge in [0.1, 0.15) is 24.0 Å². The van der Waals surface area contributed by atoms with E-state index in [0.29, 0.717) is 6.07 Å². The number of ether oxygens (including phenoxy) is 1. The second-order valence-electron chi connectivity index (χ2n) is 5.18. The molecule has 0 bridgehead atoms. The maximum Gasteiger partial charge on any atom is 0.306 e. The van der Waals surface area contributed by atoms with Crippen molar-refractivity contribution in [3.05, 3.63) is 63.2 Å². The highest BCUT2D eigenvalue weighted by Gasteiger charge is 2.29. The highest BCUT2D eigenvalue weighted by molar-refractivity contribution is 5.71. The molecule has 134 valence electrons. The second-order valence-corrected chi connectivity index (χ2v) is 5.18. The van der Waals surface area contributed by atoms with Crippen LogP contribution in [0.5, 0.6) is 5.75 Å². The zero-order valence-corrected chi connectivity index (χ0v) is 13.3. The van der Waals surface area contributed by atoms with Gasteiger partial charge in [-0.05, 0) is 18.6 Å². The number of esters is 1. The van der Waals surface area contributed by atoms with Crippen molar-refractivity contribution in [1.82, 2.24) is 0 Å². The first-order valence-electron chi connectivity index (χ1n) is 7.44. The molecular formula is C17H16F2O6. The van der Waals surface area contributed by atoms with E-state index in [2.05, 4.69) is 0 Å². The smallest absolute Gasteiger partial charge is 0.306 e. The molecule has 0 spiro atoms. The van der Waals surface area contributed by atoms with E-state index >= 15 is 0 Å². The molecule has 0 fully saturated rings. The fourth-order valence-electron chi connectivity index (χ4n) is 2.38. The van der Waals surface area contributed by atoms with E-state index in [1.807, 2.05) is 0 Å². The van der Waals surface area contributed by atoms with Crippen LogP contribution in [0.1, 0.15) is 36.3 Å². The van der Waals surface area contributed by atoms with Gasteiger partial charge in [0, 0.05) is 12.1 Å². The lowest BCUT2D eigenvalue weighted by Gasteiger charge is -2.18. The molecule has 25 heavy (non-hydrogen) atoms. The monoisotopic (exact) mass is 354 g/mol. The van der Waals surface area contributed by atoms with Crippen LogP contribution in [0.3, 0.4) is 0 Å². The zero-order chi connectivity index (χ0) is 18.6. The average molecular weight is 354 g/mol. The van der Waals surface area contributed by atoms with Crippen LogP contribution in [-0.4, -0.2) is 22.8 Å². The molecule has 0 amide bonds. The number of carbonyl (C=O) groups excluding carboxylic acids is 1. The highest BCUT2D eigenvalue weighted by atomic mass is 19.1. The number of halogens is 2. The summed E-state index contributed by atoms with van der Waals surface area (Å²) < 4.78 is 37.4. The van der Waals surface area contributed by atoms with Crippen LogP contribution in [0.4, 0.5) is 8.78 Å². The lowest BCUT2D eigenvalue weighted by atomic mass is 9.91. The quantitative estimate of drug-likeness (QED) is 0.772. The van der Waals surface area contributed by atoms with E-state index in [1.54, 1.807) is 6.92 Å². The largest absolute Gasteiger partial charge is 0.502 e. The number of rotatable bonds is 6. The van der Waals surface area contributed by atoms with E-state index in [0.717, 1.165) is 18.2 Å². The van der Waals surface area contributed by atoms with E-state index < -0.39 is 53.5 Å². The SMILES string of the molecule is CCOC(=O)C[C@@H](c1ccc(F)cc1F)c1oc(CO)cc(=O)c1O. The number of hydrogen-bond donors (Lipinski definition) is 2. The number of hydrogen-bond acceptors (Lipinski definition) is 6. The number of carbonyl (C=O) groups is 1. The molecule has 8 heteroatoms. The topological polar surface area (TPSA) is 97.0 Å². The Bertz CT molecular complexity index is 830. The Labute approximate surface area is 141 Å². The van der Waals surface area contributed by atoms with Gasteiger partial charge >= 0.3 is 5.97 Å². The minimum atomic E-state index is -1.24. The van der Waals surface area contributed by atoms with Crippen molar-refractivity contribution in [3.8, 4) is 5.75 Å². The van der Waals surface area contributed by atoms with Gasteiger partial charge in [-0.2, -0.15) is 0 Å². The van der Waals surface area contributed by atoms with Crippen molar-refractivity contribution in [2.45, 2.75) is 25.9 Å². The summed E-state index contributed by atoms with van der Waals surface area (Å²) >= 11 is 0. The normalized spacial score (nSPS) is 12.0. The number of aliphatic hydroxyl groups excluding tert-OH is 1. The molecule has 0 saturated carbocycles. The molecule has 1 heterocycles. The van der Waals surface area contributed by atoms with Gasteiger partial charge in [-0.25, -0.2) is 8.78 Å². The number of aromatic hydroxyl groups is 1. The summed E-state index contributed by atoms with van der Waals surface area (Å²) in [6.07, 6.45) is -0.457. The van der Waals surface area contributed by atoms with Gasteiger partial charge in [-0.1, -0.05) is 6.07 Å². The van der Waals surface area contributed by atoms with Gasteiger partial charge in [0.25, 0.3) is 0 Å². The molecule has 0 saturated heterocycles. The molecule has 0 aliphatic heterocycles. The first-order valence-corrected chi connectivity index (χ1v) is 7.44. The Morgan fingerprint density at radius 3 is 2.64 bits per heavy atom. The lowest BCUT2D eigenvalue weighted by molar-refractivity contribution is -0.143. The van der Waals surface area contributed by atoms with Crippen LogP contribution in [0, 0.1) is 11.6 Å². The van der Waals surface area contributed by atoms with Gasteiger partial charge in [-0.3, -0.25) is 9.59 Å². The van der Waals surface area contributed by atoms with Crippen LogP contribution in [0.2, 0.25) is 0 Å². The van der Waals surface area contributed by atoms with Crippen LogP contribution >= 0.6 is 0 Å². The molecule has 1 aromatic heterocycles. The molecule has 0 aliphatic rings. The van der Waals surface area contributed by atoms with Crippen molar-refractivity contribution in [3.63, 3.8) is 0 Å². The molecule has 0 unspecified atom stereocenters. The average Bonchev–Trinajstić information content (AvgIpc) is 2.56. The molecule has 2 rings (SSSR count). The molecular weight excluding hydrogens is 338 g/mol. The molecule has 2 N–H and O–H groups in total. The minimum Gasteiger partial charge on any atom is -0.502 e. The van der Waals surface area contributed by atoms with E-state index in [9.17, 15) is 23.5 Å². The van der Waals surface area contributed by atoms with Gasteiger partial charge in [0.15, 0.2) is 5.76 Å². The summed E-state index contributed by atoms with van der Waals surface area (Å²) in [6, 6.07) is 3.54. The molecule has 1 aromatic carbocycles. The van der Waals surface area contributed by atoms with Crippen LogP contribution in [-0.2, 0) is 16.1 Å². The Hall–Kier alpha value is -2.74. The summed E-state index contributed by atoms with van der Waals surface area (Å²) in [5.41, 5.74) is -1.02. The first-order chi connectivity index (χ1) is 11.9. The van der Waals surface area contributed by atoms with Crippen molar-refractivity contribution in [2.24, 2.45) is 0 Å². The van der Waals surface area contributed by atoms with Crippen LogP contribution < -0.4 is 5.43 Å². The third-order valence-electron chi connectivity index (χ3n) is 3.49. The maximum absolute atomic E-state index is 14.2. The summed E-state index contributed by atoms with van der Waals surface area (Å²) in [7, 11) is 0.